The molecule has 2 aliphatic rings. The molecular formula is C18H25FN2O2. The van der Waals surface area contributed by atoms with E-state index in [9.17, 15) is 14.3 Å². The number of hydrogen-bond acceptors (Lipinski definition) is 3. The second-order valence-corrected chi connectivity index (χ2v) is 7.03. The Hall–Kier alpha value is -1.46. The highest BCUT2D eigenvalue weighted by molar-refractivity contribution is 5.94. The molecule has 2 fully saturated rings. The molecule has 1 heterocycles. The quantitative estimate of drug-likeness (QED) is 0.903. The van der Waals surface area contributed by atoms with E-state index in [0.717, 1.165) is 24.9 Å². The molecule has 126 valence electrons. The van der Waals surface area contributed by atoms with Gasteiger partial charge in [-0.3, -0.25) is 9.69 Å². The molecule has 0 unspecified atom stereocenters. The number of carbonyl (C=O) groups excluding carboxylic acids is 1. The Kier molecular flexibility index (Phi) is 4.69. The van der Waals surface area contributed by atoms with Gasteiger partial charge in [-0.05, 0) is 37.8 Å². The van der Waals surface area contributed by atoms with Crippen LogP contribution in [0.1, 0.15) is 35.2 Å². The standard InChI is InChI=1S/C18H25FN2O2/c1-12-6-7-16(19)15(8-12)18(23)20(2)17(13-4-3-5-13)11-21-9-14(22)10-21/h6-8,13-14,17,22H,3-5,9-11H2,1-2H3/t17-/m1/s1. The maximum absolute atomic E-state index is 14.0. The second kappa shape index (κ2) is 6.57. The van der Waals surface area contributed by atoms with E-state index in [4.69, 9.17) is 0 Å². The minimum Gasteiger partial charge on any atom is -0.390 e. The summed E-state index contributed by atoms with van der Waals surface area (Å²) in [5.41, 5.74) is 1.04. The van der Waals surface area contributed by atoms with Crippen molar-refractivity contribution in [1.29, 1.82) is 0 Å². The first-order valence-corrected chi connectivity index (χ1v) is 8.39. The Morgan fingerprint density at radius 2 is 2.13 bits per heavy atom. The summed E-state index contributed by atoms with van der Waals surface area (Å²) < 4.78 is 14.0. The Labute approximate surface area is 136 Å². The lowest BCUT2D eigenvalue weighted by Crippen LogP contribution is -2.58. The molecule has 1 amide bonds. The number of likely N-dealkylation sites (N-methyl/N-ethyl adjacent to an activating group) is 1. The van der Waals surface area contributed by atoms with Crippen LogP contribution in [0.2, 0.25) is 0 Å². The van der Waals surface area contributed by atoms with E-state index in [1.54, 1.807) is 24.1 Å². The zero-order valence-electron chi connectivity index (χ0n) is 13.8. The van der Waals surface area contributed by atoms with Crippen LogP contribution in [0.5, 0.6) is 0 Å². The minimum atomic E-state index is -0.459. The highest BCUT2D eigenvalue weighted by Gasteiger charge is 2.37. The van der Waals surface area contributed by atoms with Crippen LogP contribution >= 0.6 is 0 Å². The summed E-state index contributed by atoms with van der Waals surface area (Å²) in [6.45, 7) is 3.96. The predicted molar refractivity (Wildman–Crippen MR) is 86.8 cm³/mol. The SMILES string of the molecule is Cc1ccc(F)c(C(=O)N(C)[C@H](CN2CC(O)C2)C2CCC2)c1. The molecule has 0 bridgehead atoms. The molecule has 1 saturated heterocycles. The molecule has 0 radical (unpaired) electrons. The van der Waals surface area contributed by atoms with Crippen molar-refractivity contribution in [1.82, 2.24) is 9.80 Å². The lowest BCUT2D eigenvalue weighted by Gasteiger charge is -2.45. The van der Waals surface area contributed by atoms with Crippen LogP contribution in [0.15, 0.2) is 18.2 Å². The maximum atomic E-state index is 14.0. The summed E-state index contributed by atoms with van der Waals surface area (Å²) in [7, 11) is 1.78. The number of carbonyl (C=O) groups is 1. The molecule has 4 nitrogen and oxygen atoms in total. The Balaban J connectivity index is 1.75. The monoisotopic (exact) mass is 320 g/mol. The molecule has 5 heteroatoms. The highest BCUT2D eigenvalue weighted by atomic mass is 19.1. The van der Waals surface area contributed by atoms with Gasteiger partial charge < -0.3 is 10.0 Å². The number of hydrogen-bond donors (Lipinski definition) is 1. The molecule has 0 spiro atoms. The van der Waals surface area contributed by atoms with Crippen LogP contribution in [-0.4, -0.2) is 59.6 Å². The van der Waals surface area contributed by atoms with Crippen molar-refractivity contribution in [3.05, 3.63) is 35.1 Å². The van der Waals surface area contributed by atoms with E-state index in [1.165, 1.54) is 12.5 Å². The first kappa shape index (κ1) is 16.4. The normalized spacial score (nSPS) is 20.7. The van der Waals surface area contributed by atoms with Gasteiger partial charge in [-0.15, -0.1) is 0 Å². The first-order valence-electron chi connectivity index (χ1n) is 8.39. The van der Waals surface area contributed by atoms with Crippen molar-refractivity contribution >= 4 is 5.91 Å². The second-order valence-electron chi connectivity index (χ2n) is 7.03. The van der Waals surface area contributed by atoms with Crippen LogP contribution in [0.3, 0.4) is 0 Å². The number of benzene rings is 1. The van der Waals surface area contributed by atoms with Crippen molar-refractivity contribution in [2.24, 2.45) is 5.92 Å². The molecule has 1 aromatic carbocycles. The first-order chi connectivity index (χ1) is 11.0. The molecule has 3 rings (SSSR count). The van der Waals surface area contributed by atoms with Gasteiger partial charge in [-0.2, -0.15) is 0 Å². The van der Waals surface area contributed by atoms with E-state index in [1.807, 2.05) is 6.92 Å². The predicted octanol–water partition coefficient (Wildman–Crippen LogP) is 2.05. The van der Waals surface area contributed by atoms with Crippen LogP contribution < -0.4 is 0 Å². The smallest absolute Gasteiger partial charge is 0.256 e. The largest absolute Gasteiger partial charge is 0.390 e. The third-order valence-corrected chi connectivity index (χ3v) is 5.25. The number of aliphatic hydroxyl groups excluding tert-OH is 1. The highest BCUT2D eigenvalue weighted by Crippen LogP contribution is 2.33. The van der Waals surface area contributed by atoms with Gasteiger partial charge in [0.1, 0.15) is 5.82 Å². The van der Waals surface area contributed by atoms with Crippen molar-refractivity contribution in [2.75, 3.05) is 26.7 Å². The van der Waals surface area contributed by atoms with E-state index >= 15 is 0 Å². The number of β-amino-alcohol motifs (C(OH)–C–C–N with tert-alkyl or cyclic N) is 1. The molecule has 23 heavy (non-hydrogen) atoms. The number of aryl methyl sites for hydroxylation is 1. The molecule has 1 saturated carbocycles. The zero-order valence-corrected chi connectivity index (χ0v) is 13.8. The summed E-state index contributed by atoms with van der Waals surface area (Å²) >= 11 is 0. The average molecular weight is 320 g/mol. The Morgan fingerprint density at radius 3 is 2.70 bits per heavy atom. The zero-order chi connectivity index (χ0) is 16.6. The van der Waals surface area contributed by atoms with Gasteiger partial charge in [0.05, 0.1) is 11.7 Å². The Morgan fingerprint density at radius 1 is 1.43 bits per heavy atom. The van der Waals surface area contributed by atoms with Crippen LogP contribution in [0.25, 0.3) is 0 Å². The fourth-order valence-electron chi connectivity index (χ4n) is 3.51. The van der Waals surface area contributed by atoms with Gasteiger partial charge in [0.2, 0.25) is 0 Å². The number of likely N-dealkylation sites (tertiary alicyclic amines) is 1. The third kappa shape index (κ3) is 3.40. The summed E-state index contributed by atoms with van der Waals surface area (Å²) in [4.78, 5) is 16.7. The number of halogens is 1. The minimum absolute atomic E-state index is 0.0867. The van der Waals surface area contributed by atoms with Crippen LogP contribution in [0, 0.1) is 18.7 Å². The summed E-state index contributed by atoms with van der Waals surface area (Å²) in [6, 6.07) is 4.75. The van der Waals surface area contributed by atoms with Crippen molar-refractivity contribution in [3.8, 4) is 0 Å². The lowest BCUT2D eigenvalue weighted by molar-refractivity contribution is -0.0224. The third-order valence-electron chi connectivity index (χ3n) is 5.25. The summed E-state index contributed by atoms with van der Waals surface area (Å²) in [5.74, 6) is -0.224. The van der Waals surface area contributed by atoms with E-state index in [0.29, 0.717) is 19.0 Å². The van der Waals surface area contributed by atoms with E-state index in [2.05, 4.69) is 4.90 Å². The van der Waals surface area contributed by atoms with E-state index < -0.39 is 5.82 Å². The topological polar surface area (TPSA) is 43.8 Å². The molecule has 1 N–H and O–H groups in total. The van der Waals surface area contributed by atoms with Crippen LogP contribution in [0.4, 0.5) is 4.39 Å². The van der Waals surface area contributed by atoms with Crippen molar-refractivity contribution in [2.45, 2.75) is 38.3 Å². The van der Waals surface area contributed by atoms with Gasteiger partial charge >= 0.3 is 0 Å². The number of nitrogens with zero attached hydrogens (tertiary/aromatic N) is 2. The maximum Gasteiger partial charge on any atom is 0.256 e. The van der Waals surface area contributed by atoms with Gasteiger partial charge in [0.15, 0.2) is 0 Å². The molecule has 1 atom stereocenters. The summed E-state index contributed by atoms with van der Waals surface area (Å²) in [6.07, 6.45) is 3.20. The summed E-state index contributed by atoms with van der Waals surface area (Å²) in [5, 5.41) is 9.46. The van der Waals surface area contributed by atoms with Gasteiger partial charge in [-0.25, -0.2) is 4.39 Å². The van der Waals surface area contributed by atoms with Gasteiger partial charge in [-0.1, -0.05) is 18.1 Å². The lowest BCUT2D eigenvalue weighted by atomic mass is 9.78. The van der Waals surface area contributed by atoms with Gasteiger partial charge in [0.25, 0.3) is 5.91 Å². The molecule has 1 aromatic rings. The van der Waals surface area contributed by atoms with Crippen LogP contribution in [-0.2, 0) is 0 Å². The van der Waals surface area contributed by atoms with Crippen molar-refractivity contribution < 1.29 is 14.3 Å². The molecule has 0 aromatic heterocycles. The number of aliphatic hydroxyl groups is 1. The molecule has 1 aliphatic carbocycles. The number of amides is 1. The number of rotatable bonds is 5. The molecular weight excluding hydrogens is 295 g/mol. The fraction of sp³-hybridized carbons (Fsp3) is 0.611. The molecule has 1 aliphatic heterocycles. The van der Waals surface area contributed by atoms with E-state index in [-0.39, 0.29) is 23.6 Å². The average Bonchev–Trinajstić information content (AvgIpc) is 2.44. The Bertz CT molecular complexity index is 582. The van der Waals surface area contributed by atoms with Gasteiger partial charge in [0, 0.05) is 32.7 Å². The fourth-order valence-corrected chi connectivity index (χ4v) is 3.51. The van der Waals surface area contributed by atoms with Crippen molar-refractivity contribution in [3.63, 3.8) is 0 Å².